The third kappa shape index (κ3) is 3.97. The molecule has 1 aromatic heterocycles. The van der Waals surface area contributed by atoms with E-state index in [2.05, 4.69) is 4.98 Å². The molecule has 3 aromatic rings. The molecule has 0 spiro atoms. The molecule has 2 aromatic carbocycles. The fourth-order valence-corrected chi connectivity index (χ4v) is 4.89. The van der Waals surface area contributed by atoms with Gasteiger partial charge in [-0.05, 0) is 61.7 Å². The topological polar surface area (TPSA) is 72.6 Å². The Labute approximate surface area is 175 Å². The number of nitrogens with zero attached hydrogens (tertiary/aromatic N) is 2. The Balaban J connectivity index is 1.83. The maximum Gasteiger partial charge on any atom is 0.236 e. The first-order chi connectivity index (χ1) is 14.0. The van der Waals surface area contributed by atoms with Crippen molar-refractivity contribution in [2.75, 3.05) is 25.1 Å². The van der Waals surface area contributed by atoms with Gasteiger partial charge in [0, 0.05) is 23.7 Å². The van der Waals surface area contributed by atoms with Gasteiger partial charge >= 0.3 is 0 Å². The Kier molecular flexibility index (Phi) is 5.52. The van der Waals surface area contributed by atoms with Crippen molar-refractivity contribution in [1.29, 1.82) is 0 Å². The molecule has 4 rings (SSSR count). The highest BCUT2D eigenvalue weighted by Gasteiger charge is 2.32. The zero-order valence-corrected chi connectivity index (χ0v) is 17.5. The second-order valence-corrected chi connectivity index (χ2v) is 9.17. The number of piperidine rings is 1. The predicted molar refractivity (Wildman–Crippen MR) is 111 cm³/mol. The maximum atomic E-state index is 13.4. The highest BCUT2D eigenvalue weighted by molar-refractivity contribution is 7.91. The molecule has 0 amide bonds. The highest BCUT2D eigenvalue weighted by atomic mass is 35.5. The number of methoxy groups -OCH3 is 1. The maximum absolute atomic E-state index is 13.4. The van der Waals surface area contributed by atoms with Crippen molar-refractivity contribution in [3.05, 3.63) is 53.6 Å². The van der Waals surface area contributed by atoms with E-state index in [4.69, 9.17) is 20.8 Å². The molecule has 6 nitrogen and oxygen atoms in total. The summed E-state index contributed by atoms with van der Waals surface area (Å²) in [5.41, 5.74) is 0.631. The number of sulfone groups is 1. The van der Waals surface area contributed by atoms with Crippen LogP contribution in [0.5, 0.6) is 5.75 Å². The van der Waals surface area contributed by atoms with Crippen molar-refractivity contribution < 1.29 is 17.6 Å². The van der Waals surface area contributed by atoms with Crippen LogP contribution >= 0.6 is 11.6 Å². The molecule has 8 heteroatoms. The Hall–Kier alpha value is -2.51. The molecule has 2 heterocycles. The van der Waals surface area contributed by atoms with Gasteiger partial charge in [-0.15, -0.1) is 0 Å². The number of aromatic nitrogens is 1. The minimum Gasteiger partial charge on any atom is -0.497 e. The third-order valence-corrected chi connectivity index (χ3v) is 6.82. The molecule has 0 N–H and O–H groups in total. The van der Waals surface area contributed by atoms with Crippen LogP contribution in [0, 0.1) is 0 Å². The lowest BCUT2D eigenvalue weighted by atomic mass is 10.1. The number of oxazole rings is 1. The van der Waals surface area contributed by atoms with E-state index in [0.717, 1.165) is 32.4 Å². The fraction of sp³-hybridized carbons (Fsp3) is 0.286. The van der Waals surface area contributed by atoms with Crippen molar-refractivity contribution in [1.82, 2.24) is 4.98 Å². The first-order valence-corrected chi connectivity index (χ1v) is 11.3. The van der Waals surface area contributed by atoms with Gasteiger partial charge in [-0.1, -0.05) is 17.7 Å². The van der Waals surface area contributed by atoms with E-state index < -0.39 is 9.84 Å². The second-order valence-electron chi connectivity index (χ2n) is 6.87. The highest BCUT2D eigenvalue weighted by Crippen LogP contribution is 2.36. The summed E-state index contributed by atoms with van der Waals surface area (Å²) in [6.45, 7) is 1.46. The van der Waals surface area contributed by atoms with Crippen LogP contribution in [0.25, 0.3) is 11.5 Å². The molecule has 0 unspecified atom stereocenters. The van der Waals surface area contributed by atoms with Gasteiger partial charge in [0.25, 0.3) is 0 Å². The summed E-state index contributed by atoms with van der Waals surface area (Å²) in [6.07, 6.45) is 3.08. The molecule has 1 aliphatic rings. The van der Waals surface area contributed by atoms with Crippen molar-refractivity contribution in [3.63, 3.8) is 0 Å². The molecule has 29 heavy (non-hydrogen) atoms. The minimum absolute atomic E-state index is 0.0699. The Bertz CT molecular complexity index is 1100. The first-order valence-electron chi connectivity index (χ1n) is 9.40. The molecule has 0 saturated carbocycles. The summed E-state index contributed by atoms with van der Waals surface area (Å²) in [5.74, 6) is 1.11. The fourth-order valence-electron chi connectivity index (χ4n) is 3.38. The van der Waals surface area contributed by atoms with Gasteiger partial charge in [0.2, 0.25) is 26.6 Å². The number of hydrogen-bond acceptors (Lipinski definition) is 6. The van der Waals surface area contributed by atoms with Gasteiger partial charge in [0.1, 0.15) is 5.75 Å². The van der Waals surface area contributed by atoms with Crippen molar-refractivity contribution in [2.24, 2.45) is 0 Å². The number of benzene rings is 2. The van der Waals surface area contributed by atoms with Gasteiger partial charge in [0.05, 0.1) is 12.0 Å². The van der Waals surface area contributed by atoms with Gasteiger partial charge in [-0.3, -0.25) is 0 Å². The van der Waals surface area contributed by atoms with E-state index in [1.165, 1.54) is 19.2 Å². The van der Waals surface area contributed by atoms with Crippen LogP contribution in [0.2, 0.25) is 5.02 Å². The molecule has 0 bridgehead atoms. The normalized spacial score (nSPS) is 14.8. The summed E-state index contributed by atoms with van der Waals surface area (Å²) in [6, 6.07) is 13.3. The van der Waals surface area contributed by atoms with E-state index in [9.17, 15) is 8.42 Å². The Morgan fingerprint density at radius 1 is 1.07 bits per heavy atom. The molecule has 152 valence electrons. The molecule has 0 aliphatic carbocycles. The minimum atomic E-state index is -3.88. The molecule has 0 radical (unpaired) electrons. The van der Waals surface area contributed by atoms with Crippen molar-refractivity contribution in [3.8, 4) is 17.2 Å². The molecule has 1 aliphatic heterocycles. The SMILES string of the molecule is COc1ccc(S(=O)(=O)c2nc(-c3cccc(Cl)c3)oc2N2CCCCC2)cc1. The monoisotopic (exact) mass is 432 g/mol. The van der Waals surface area contributed by atoms with Crippen LogP contribution in [-0.2, 0) is 9.84 Å². The van der Waals surface area contributed by atoms with Gasteiger partial charge in [-0.2, -0.15) is 4.98 Å². The zero-order chi connectivity index (χ0) is 20.4. The number of hydrogen-bond donors (Lipinski definition) is 0. The van der Waals surface area contributed by atoms with Crippen LogP contribution in [0.15, 0.2) is 62.9 Å². The summed E-state index contributed by atoms with van der Waals surface area (Å²) in [5, 5.41) is 0.458. The van der Waals surface area contributed by atoms with E-state index in [-0.39, 0.29) is 21.7 Å². The lowest BCUT2D eigenvalue weighted by Crippen LogP contribution is -2.30. The lowest BCUT2D eigenvalue weighted by Gasteiger charge is -2.26. The number of rotatable bonds is 5. The van der Waals surface area contributed by atoms with Crippen LogP contribution in [0.3, 0.4) is 0 Å². The zero-order valence-electron chi connectivity index (χ0n) is 16.0. The number of anilines is 1. The average Bonchev–Trinajstić information content (AvgIpc) is 3.21. The summed E-state index contributed by atoms with van der Waals surface area (Å²) >= 11 is 6.09. The summed E-state index contributed by atoms with van der Waals surface area (Å²) < 4.78 is 37.9. The van der Waals surface area contributed by atoms with Gasteiger partial charge < -0.3 is 14.1 Å². The summed E-state index contributed by atoms with van der Waals surface area (Å²) in [4.78, 5) is 6.50. The molecule has 0 atom stereocenters. The van der Waals surface area contributed by atoms with E-state index in [1.54, 1.807) is 36.4 Å². The predicted octanol–water partition coefficient (Wildman–Crippen LogP) is 4.83. The number of ether oxygens (including phenoxy) is 1. The molecular formula is C21H21ClN2O4S. The lowest BCUT2D eigenvalue weighted by molar-refractivity contribution is 0.414. The second kappa shape index (κ2) is 8.08. The van der Waals surface area contributed by atoms with Crippen LogP contribution in [0.4, 0.5) is 5.88 Å². The van der Waals surface area contributed by atoms with Crippen LogP contribution < -0.4 is 9.64 Å². The smallest absolute Gasteiger partial charge is 0.236 e. The Morgan fingerprint density at radius 3 is 2.45 bits per heavy atom. The summed E-state index contributed by atoms with van der Waals surface area (Å²) in [7, 11) is -2.34. The largest absolute Gasteiger partial charge is 0.497 e. The molecular weight excluding hydrogens is 412 g/mol. The van der Waals surface area contributed by atoms with E-state index in [1.807, 2.05) is 4.90 Å². The van der Waals surface area contributed by atoms with E-state index in [0.29, 0.717) is 16.3 Å². The van der Waals surface area contributed by atoms with Crippen molar-refractivity contribution >= 4 is 27.3 Å². The van der Waals surface area contributed by atoms with Gasteiger partial charge in [0.15, 0.2) is 0 Å². The Morgan fingerprint density at radius 2 is 1.79 bits per heavy atom. The van der Waals surface area contributed by atoms with Gasteiger partial charge in [-0.25, -0.2) is 8.42 Å². The quantitative estimate of drug-likeness (QED) is 0.575. The van der Waals surface area contributed by atoms with Crippen LogP contribution in [0.1, 0.15) is 19.3 Å². The van der Waals surface area contributed by atoms with Crippen LogP contribution in [-0.4, -0.2) is 33.6 Å². The van der Waals surface area contributed by atoms with E-state index >= 15 is 0 Å². The molecule has 1 saturated heterocycles. The van der Waals surface area contributed by atoms with Crippen molar-refractivity contribution in [2.45, 2.75) is 29.2 Å². The first kappa shape index (κ1) is 19.8. The third-order valence-electron chi connectivity index (χ3n) is 4.92. The average molecular weight is 433 g/mol. The molecule has 1 fully saturated rings. The number of halogens is 1. The standard InChI is InChI=1S/C21H21ClN2O4S/c1-27-17-8-10-18(11-9-17)29(25,26)20-21(24-12-3-2-4-13-24)28-19(23-20)15-6-5-7-16(22)14-15/h5-11,14H,2-4,12-13H2,1H3.